The molecule has 2 aliphatic heterocycles. The lowest BCUT2D eigenvalue weighted by molar-refractivity contribution is 0.165. The van der Waals surface area contributed by atoms with E-state index >= 15 is 0 Å². The van der Waals surface area contributed by atoms with Gasteiger partial charge in [0.05, 0.1) is 11.5 Å². The first-order valence-electron chi connectivity index (χ1n) is 7.55. The average molecular weight is 288 g/mol. The van der Waals surface area contributed by atoms with E-state index in [1.807, 2.05) is 0 Å². The van der Waals surface area contributed by atoms with Crippen molar-refractivity contribution >= 4 is 9.84 Å². The minimum atomic E-state index is -2.82. The highest BCUT2D eigenvalue weighted by Gasteiger charge is 2.40. The Morgan fingerprint density at radius 2 is 2.11 bits per heavy atom. The summed E-state index contributed by atoms with van der Waals surface area (Å²) in [6, 6.07) is 0. The van der Waals surface area contributed by atoms with Crippen LogP contribution in [0.3, 0.4) is 0 Å². The van der Waals surface area contributed by atoms with Crippen molar-refractivity contribution in [3.63, 3.8) is 0 Å². The molecule has 112 valence electrons. The van der Waals surface area contributed by atoms with E-state index in [9.17, 15) is 8.42 Å². The van der Waals surface area contributed by atoms with E-state index in [2.05, 4.69) is 24.5 Å². The number of hydrogen-bond acceptors (Lipinski definition) is 4. The van der Waals surface area contributed by atoms with E-state index in [1.165, 1.54) is 25.7 Å². The molecular weight excluding hydrogens is 260 g/mol. The van der Waals surface area contributed by atoms with Gasteiger partial charge in [-0.05, 0) is 44.6 Å². The monoisotopic (exact) mass is 288 g/mol. The van der Waals surface area contributed by atoms with Crippen LogP contribution in [0.1, 0.15) is 46.0 Å². The van der Waals surface area contributed by atoms with Gasteiger partial charge in [0.2, 0.25) is 0 Å². The third kappa shape index (κ3) is 3.92. The first kappa shape index (κ1) is 15.3. The third-order valence-electron chi connectivity index (χ3n) is 4.73. The topological polar surface area (TPSA) is 58.2 Å². The SMILES string of the molecule is CCCC1(CNC2(C)CCS(=O)(=O)C2)CCCNC1. The molecule has 2 unspecified atom stereocenters. The van der Waals surface area contributed by atoms with Crippen LogP contribution in [0, 0.1) is 5.41 Å². The van der Waals surface area contributed by atoms with Crippen molar-refractivity contribution in [2.24, 2.45) is 5.41 Å². The molecule has 0 radical (unpaired) electrons. The van der Waals surface area contributed by atoms with Crippen LogP contribution in [-0.4, -0.2) is 45.1 Å². The van der Waals surface area contributed by atoms with Crippen LogP contribution >= 0.6 is 0 Å². The van der Waals surface area contributed by atoms with E-state index in [-0.39, 0.29) is 5.54 Å². The second-order valence-electron chi connectivity index (χ2n) is 6.79. The van der Waals surface area contributed by atoms with Gasteiger partial charge < -0.3 is 10.6 Å². The fraction of sp³-hybridized carbons (Fsp3) is 1.00. The predicted molar refractivity (Wildman–Crippen MR) is 79.1 cm³/mol. The standard InChI is InChI=1S/C14H28N2O2S/c1-3-5-14(6-4-8-15-10-14)11-16-13(2)7-9-19(17,18)12-13/h15-16H,3-12H2,1-2H3. The molecule has 2 fully saturated rings. The molecule has 2 rings (SSSR count). The maximum atomic E-state index is 11.7. The molecule has 4 nitrogen and oxygen atoms in total. The van der Waals surface area contributed by atoms with Gasteiger partial charge in [-0.1, -0.05) is 13.3 Å². The third-order valence-corrected chi connectivity index (χ3v) is 6.64. The van der Waals surface area contributed by atoms with Gasteiger partial charge in [0, 0.05) is 18.6 Å². The Bertz CT molecular complexity index is 396. The molecule has 0 amide bonds. The first-order valence-corrected chi connectivity index (χ1v) is 9.37. The van der Waals surface area contributed by atoms with E-state index in [4.69, 9.17) is 0 Å². The predicted octanol–water partition coefficient (Wildman–Crippen LogP) is 1.32. The molecule has 2 aliphatic rings. The number of rotatable bonds is 5. The van der Waals surface area contributed by atoms with Crippen molar-refractivity contribution in [3.05, 3.63) is 0 Å². The second kappa shape index (κ2) is 5.70. The van der Waals surface area contributed by atoms with Crippen molar-refractivity contribution in [1.29, 1.82) is 0 Å². The van der Waals surface area contributed by atoms with Crippen LogP contribution in [0.4, 0.5) is 0 Å². The van der Waals surface area contributed by atoms with Crippen LogP contribution in [0.25, 0.3) is 0 Å². The number of hydrogen-bond donors (Lipinski definition) is 2. The first-order chi connectivity index (χ1) is 8.89. The molecule has 0 aromatic heterocycles. The zero-order chi connectivity index (χ0) is 14.0. The Labute approximate surface area is 117 Å². The molecule has 0 aliphatic carbocycles. The zero-order valence-electron chi connectivity index (χ0n) is 12.3. The summed E-state index contributed by atoms with van der Waals surface area (Å²) >= 11 is 0. The fourth-order valence-electron chi connectivity index (χ4n) is 3.56. The molecule has 0 aromatic carbocycles. The Morgan fingerprint density at radius 3 is 2.63 bits per heavy atom. The van der Waals surface area contributed by atoms with Gasteiger partial charge in [0.15, 0.2) is 9.84 Å². The summed E-state index contributed by atoms with van der Waals surface area (Å²) < 4.78 is 23.3. The summed E-state index contributed by atoms with van der Waals surface area (Å²) in [6.07, 6.45) is 5.65. The van der Waals surface area contributed by atoms with Crippen molar-refractivity contribution in [1.82, 2.24) is 10.6 Å². The highest BCUT2D eigenvalue weighted by molar-refractivity contribution is 7.91. The lowest BCUT2D eigenvalue weighted by Crippen LogP contribution is -2.53. The maximum Gasteiger partial charge on any atom is 0.152 e. The maximum absolute atomic E-state index is 11.7. The minimum absolute atomic E-state index is 0.211. The molecule has 0 bridgehead atoms. The summed E-state index contributed by atoms with van der Waals surface area (Å²) in [7, 11) is -2.82. The van der Waals surface area contributed by atoms with Gasteiger partial charge in [-0.2, -0.15) is 0 Å². The lowest BCUT2D eigenvalue weighted by Gasteiger charge is -2.40. The van der Waals surface area contributed by atoms with Gasteiger partial charge >= 0.3 is 0 Å². The van der Waals surface area contributed by atoms with E-state index < -0.39 is 9.84 Å². The van der Waals surface area contributed by atoms with Gasteiger partial charge in [-0.3, -0.25) is 0 Å². The van der Waals surface area contributed by atoms with Crippen molar-refractivity contribution in [3.8, 4) is 0 Å². The zero-order valence-corrected chi connectivity index (χ0v) is 13.1. The molecule has 5 heteroatoms. The molecule has 2 saturated heterocycles. The van der Waals surface area contributed by atoms with E-state index in [0.717, 1.165) is 26.1 Å². The van der Waals surface area contributed by atoms with Gasteiger partial charge in [-0.15, -0.1) is 0 Å². The molecule has 19 heavy (non-hydrogen) atoms. The smallest absolute Gasteiger partial charge is 0.152 e. The normalized spacial score (nSPS) is 38.4. The average Bonchev–Trinajstić information content (AvgIpc) is 2.64. The summed E-state index contributed by atoms with van der Waals surface area (Å²) in [5, 5.41) is 7.10. The minimum Gasteiger partial charge on any atom is -0.316 e. The number of sulfone groups is 1. The summed E-state index contributed by atoms with van der Waals surface area (Å²) in [5.74, 6) is 0.644. The van der Waals surface area contributed by atoms with Gasteiger partial charge in [0.1, 0.15) is 0 Å². The second-order valence-corrected chi connectivity index (χ2v) is 8.97. The Balaban J connectivity index is 1.95. The quantitative estimate of drug-likeness (QED) is 0.801. The molecule has 2 heterocycles. The highest BCUT2D eigenvalue weighted by Crippen LogP contribution is 2.32. The molecule has 0 aromatic rings. The van der Waals surface area contributed by atoms with Crippen molar-refractivity contribution < 1.29 is 8.42 Å². The van der Waals surface area contributed by atoms with Gasteiger partial charge in [0.25, 0.3) is 0 Å². The van der Waals surface area contributed by atoms with Crippen LogP contribution in [0.15, 0.2) is 0 Å². The molecular formula is C14H28N2O2S. The number of nitrogens with one attached hydrogen (secondary N) is 2. The van der Waals surface area contributed by atoms with Crippen molar-refractivity contribution in [2.75, 3.05) is 31.1 Å². The molecule has 0 spiro atoms. The Morgan fingerprint density at radius 1 is 1.32 bits per heavy atom. The lowest BCUT2D eigenvalue weighted by atomic mass is 9.76. The van der Waals surface area contributed by atoms with Crippen LogP contribution < -0.4 is 10.6 Å². The molecule has 2 N–H and O–H groups in total. The van der Waals surface area contributed by atoms with Gasteiger partial charge in [-0.25, -0.2) is 8.42 Å². The number of piperidine rings is 1. The summed E-state index contributed by atoms with van der Waals surface area (Å²) in [6.45, 7) is 7.43. The molecule has 0 saturated carbocycles. The van der Waals surface area contributed by atoms with Crippen LogP contribution in [0.5, 0.6) is 0 Å². The highest BCUT2D eigenvalue weighted by atomic mass is 32.2. The fourth-order valence-corrected chi connectivity index (χ4v) is 5.69. The summed E-state index contributed by atoms with van der Waals surface area (Å²) in [5.41, 5.74) is 0.110. The van der Waals surface area contributed by atoms with Crippen molar-refractivity contribution in [2.45, 2.75) is 51.5 Å². The van der Waals surface area contributed by atoms with E-state index in [1.54, 1.807) is 0 Å². The van der Waals surface area contributed by atoms with Crippen LogP contribution in [-0.2, 0) is 9.84 Å². The Kier molecular flexibility index (Phi) is 4.58. The molecule has 2 atom stereocenters. The Hall–Kier alpha value is -0.130. The largest absolute Gasteiger partial charge is 0.316 e. The van der Waals surface area contributed by atoms with Crippen LogP contribution in [0.2, 0.25) is 0 Å². The van der Waals surface area contributed by atoms with E-state index in [0.29, 0.717) is 16.9 Å². The summed E-state index contributed by atoms with van der Waals surface area (Å²) in [4.78, 5) is 0.